The van der Waals surface area contributed by atoms with Crippen LogP contribution in [0.5, 0.6) is 5.75 Å². The summed E-state index contributed by atoms with van der Waals surface area (Å²) in [6.07, 6.45) is 1.57. The second-order valence-electron chi connectivity index (χ2n) is 5.43. The van der Waals surface area contributed by atoms with E-state index in [0.717, 1.165) is 18.6 Å². The average molecular weight is 265 g/mol. The Balaban J connectivity index is 2.52. The number of ether oxygens (including phenoxy) is 1. The predicted octanol–water partition coefficient (Wildman–Crippen LogP) is 3.14. The highest BCUT2D eigenvalue weighted by atomic mass is 16.5. The van der Waals surface area contributed by atoms with E-state index in [1.54, 1.807) is 7.11 Å². The Morgan fingerprint density at radius 3 is 2.32 bits per heavy atom. The first kappa shape index (κ1) is 16.0. The summed E-state index contributed by atoms with van der Waals surface area (Å²) in [4.78, 5) is 0. The highest BCUT2D eigenvalue weighted by Crippen LogP contribution is 2.20. The second kappa shape index (κ2) is 8.18. The van der Waals surface area contributed by atoms with Gasteiger partial charge in [0, 0.05) is 12.6 Å². The van der Waals surface area contributed by atoms with Crippen LogP contribution in [0.25, 0.3) is 0 Å². The standard InChI is InChI=1S/C16H27NO2/c1-5-16(17-11-14(18)10-12(2)3)13-6-8-15(19-4)9-7-13/h6-9,12,14,16-18H,5,10-11H2,1-4H3. The highest BCUT2D eigenvalue weighted by Gasteiger charge is 2.12. The monoisotopic (exact) mass is 265 g/mol. The lowest BCUT2D eigenvalue weighted by Gasteiger charge is -2.21. The van der Waals surface area contributed by atoms with Crippen molar-refractivity contribution in [3.63, 3.8) is 0 Å². The Morgan fingerprint density at radius 2 is 1.84 bits per heavy atom. The van der Waals surface area contributed by atoms with Crippen molar-refractivity contribution < 1.29 is 9.84 Å². The summed E-state index contributed by atoms with van der Waals surface area (Å²) in [5, 5.41) is 13.3. The minimum atomic E-state index is -0.271. The lowest BCUT2D eigenvalue weighted by atomic mass is 10.0. The van der Waals surface area contributed by atoms with Crippen LogP contribution < -0.4 is 10.1 Å². The third-order valence-electron chi connectivity index (χ3n) is 3.27. The fourth-order valence-corrected chi connectivity index (χ4v) is 2.24. The van der Waals surface area contributed by atoms with Gasteiger partial charge in [-0.3, -0.25) is 0 Å². The Bertz CT molecular complexity index is 348. The zero-order chi connectivity index (χ0) is 14.3. The van der Waals surface area contributed by atoms with Crippen molar-refractivity contribution in [2.45, 2.75) is 45.8 Å². The van der Waals surface area contributed by atoms with Crippen LogP contribution in [0, 0.1) is 5.92 Å². The van der Waals surface area contributed by atoms with Gasteiger partial charge in [0.15, 0.2) is 0 Å². The number of hydrogen-bond acceptors (Lipinski definition) is 3. The van der Waals surface area contributed by atoms with Crippen LogP contribution >= 0.6 is 0 Å². The molecule has 2 atom stereocenters. The molecule has 2 unspecified atom stereocenters. The first-order valence-electron chi connectivity index (χ1n) is 7.12. The van der Waals surface area contributed by atoms with E-state index >= 15 is 0 Å². The van der Waals surface area contributed by atoms with Gasteiger partial charge in [-0.05, 0) is 36.5 Å². The van der Waals surface area contributed by atoms with Crippen LogP contribution in [0.3, 0.4) is 0 Å². The lowest BCUT2D eigenvalue weighted by molar-refractivity contribution is 0.142. The topological polar surface area (TPSA) is 41.5 Å². The van der Waals surface area contributed by atoms with E-state index in [1.807, 2.05) is 12.1 Å². The molecule has 0 fully saturated rings. The fraction of sp³-hybridized carbons (Fsp3) is 0.625. The van der Waals surface area contributed by atoms with E-state index in [1.165, 1.54) is 5.56 Å². The number of hydrogen-bond donors (Lipinski definition) is 2. The molecular formula is C16H27NO2. The third-order valence-corrected chi connectivity index (χ3v) is 3.27. The van der Waals surface area contributed by atoms with E-state index in [-0.39, 0.29) is 12.1 Å². The molecule has 19 heavy (non-hydrogen) atoms. The van der Waals surface area contributed by atoms with Crippen LogP contribution in [-0.4, -0.2) is 24.9 Å². The molecule has 0 spiro atoms. The Kier molecular flexibility index (Phi) is 6.89. The van der Waals surface area contributed by atoms with Crippen LogP contribution in [0.1, 0.15) is 45.2 Å². The van der Waals surface area contributed by atoms with E-state index in [2.05, 4.69) is 38.2 Å². The molecule has 0 amide bonds. The van der Waals surface area contributed by atoms with Crippen molar-refractivity contribution >= 4 is 0 Å². The minimum Gasteiger partial charge on any atom is -0.497 e. The number of methoxy groups -OCH3 is 1. The molecule has 0 saturated heterocycles. The zero-order valence-corrected chi connectivity index (χ0v) is 12.5. The summed E-state index contributed by atoms with van der Waals surface area (Å²) < 4.78 is 5.16. The molecule has 0 heterocycles. The molecule has 1 rings (SSSR count). The number of rotatable bonds is 8. The summed E-state index contributed by atoms with van der Waals surface area (Å²) in [7, 11) is 1.67. The van der Waals surface area contributed by atoms with Gasteiger partial charge in [0.25, 0.3) is 0 Å². The quantitative estimate of drug-likeness (QED) is 0.758. The third kappa shape index (κ3) is 5.62. The van der Waals surface area contributed by atoms with Crippen LogP contribution in [-0.2, 0) is 0 Å². The molecule has 0 aliphatic rings. The van der Waals surface area contributed by atoms with E-state index in [9.17, 15) is 5.11 Å². The second-order valence-corrected chi connectivity index (χ2v) is 5.43. The molecule has 1 aromatic rings. The van der Waals surface area contributed by atoms with Crippen molar-refractivity contribution in [2.24, 2.45) is 5.92 Å². The van der Waals surface area contributed by atoms with E-state index in [0.29, 0.717) is 12.5 Å². The highest BCUT2D eigenvalue weighted by molar-refractivity contribution is 5.29. The summed E-state index contributed by atoms with van der Waals surface area (Å²) >= 11 is 0. The van der Waals surface area contributed by atoms with Crippen molar-refractivity contribution in [2.75, 3.05) is 13.7 Å². The van der Waals surface area contributed by atoms with Gasteiger partial charge >= 0.3 is 0 Å². The maximum Gasteiger partial charge on any atom is 0.118 e. The molecule has 3 heteroatoms. The van der Waals surface area contributed by atoms with Crippen molar-refractivity contribution in [1.29, 1.82) is 0 Å². The molecule has 0 aliphatic heterocycles. The first-order valence-corrected chi connectivity index (χ1v) is 7.12. The SMILES string of the molecule is CCC(NCC(O)CC(C)C)c1ccc(OC)cc1. The molecule has 108 valence electrons. The summed E-state index contributed by atoms with van der Waals surface area (Å²) in [6, 6.07) is 8.39. The Hall–Kier alpha value is -1.06. The molecular weight excluding hydrogens is 238 g/mol. The van der Waals surface area contributed by atoms with Crippen molar-refractivity contribution in [1.82, 2.24) is 5.32 Å². The van der Waals surface area contributed by atoms with E-state index < -0.39 is 0 Å². The van der Waals surface area contributed by atoms with Gasteiger partial charge in [0.1, 0.15) is 5.75 Å². The largest absolute Gasteiger partial charge is 0.497 e. The molecule has 0 aliphatic carbocycles. The average Bonchev–Trinajstić information content (AvgIpc) is 2.39. The Morgan fingerprint density at radius 1 is 1.21 bits per heavy atom. The minimum absolute atomic E-state index is 0.271. The predicted molar refractivity (Wildman–Crippen MR) is 79.5 cm³/mol. The normalized spacial score (nSPS) is 14.4. The van der Waals surface area contributed by atoms with Crippen molar-refractivity contribution in [3.8, 4) is 5.75 Å². The van der Waals surface area contributed by atoms with Crippen LogP contribution in [0.4, 0.5) is 0 Å². The molecule has 0 bridgehead atoms. The summed E-state index contributed by atoms with van der Waals surface area (Å²) in [5.74, 6) is 1.40. The number of aliphatic hydroxyl groups is 1. The number of aliphatic hydroxyl groups excluding tert-OH is 1. The van der Waals surface area contributed by atoms with Gasteiger partial charge in [-0.1, -0.05) is 32.9 Å². The summed E-state index contributed by atoms with van der Waals surface area (Å²) in [5.41, 5.74) is 1.24. The molecule has 3 nitrogen and oxygen atoms in total. The van der Waals surface area contributed by atoms with Crippen LogP contribution in [0.2, 0.25) is 0 Å². The number of benzene rings is 1. The molecule has 0 saturated carbocycles. The lowest BCUT2D eigenvalue weighted by Crippen LogP contribution is -2.31. The number of nitrogens with one attached hydrogen (secondary N) is 1. The first-order chi connectivity index (χ1) is 9.06. The van der Waals surface area contributed by atoms with Gasteiger partial charge in [0.2, 0.25) is 0 Å². The van der Waals surface area contributed by atoms with Gasteiger partial charge < -0.3 is 15.2 Å². The zero-order valence-electron chi connectivity index (χ0n) is 12.5. The summed E-state index contributed by atoms with van der Waals surface area (Å²) in [6.45, 7) is 7.05. The molecule has 0 aromatic heterocycles. The van der Waals surface area contributed by atoms with Gasteiger partial charge in [-0.25, -0.2) is 0 Å². The van der Waals surface area contributed by atoms with E-state index in [4.69, 9.17) is 4.74 Å². The maximum absolute atomic E-state index is 9.91. The van der Waals surface area contributed by atoms with Crippen molar-refractivity contribution in [3.05, 3.63) is 29.8 Å². The van der Waals surface area contributed by atoms with Gasteiger partial charge in [-0.2, -0.15) is 0 Å². The van der Waals surface area contributed by atoms with Gasteiger partial charge in [-0.15, -0.1) is 0 Å². The molecule has 0 radical (unpaired) electrons. The fourth-order valence-electron chi connectivity index (χ4n) is 2.24. The Labute approximate surface area is 117 Å². The maximum atomic E-state index is 9.91. The van der Waals surface area contributed by atoms with Crippen LogP contribution in [0.15, 0.2) is 24.3 Å². The van der Waals surface area contributed by atoms with Gasteiger partial charge in [0.05, 0.1) is 13.2 Å². The molecule has 1 aromatic carbocycles. The smallest absolute Gasteiger partial charge is 0.118 e. The molecule has 2 N–H and O–H groups in total.